The molecule has 1 unspecified atom stereocenters. The fourth-order valence-electron chi connectivity index (χ4n) is 3.23. The third-order valence-corrected chi connectivity index (χ3v) is 4.46. The number of aromatic hydroxyl groups is 1. The Morgan fingerprint density at radius 2 is 2.15 bits per heavy atom. The van der Waals surface area contributed by atoms with Crippen molar-refractivity contribution >= 4 is 11.7 Å². The SMILES string of the molecule is COc1ccc(C2CC(=O)Nc3c2ncn3-c2cccc(F)c2)cc1O. The molecular weight excluding hydrogens is 337 g/mol. The highest BCUT2D eigenvalue weighted by atomic mass is 19.1. The first-order valence-electron chi connectivity index (χ1n) is 8.06. The van der Waals surface area contributed by atoms with E-state index in [9.17, 15) is 14.3 Å². The second-order valence-electron chi connectivity index (χ2n) is 6.06. The second-order valence-corrected chi connectivity index (χ2v) is 6.06. The maximum atomic E-state index is 13.6. The summed E-state index contributed by atoms with van der Waals surface area (Å²) in [5, 5.41) is 12.9. The number of methoxy groups -OCH3 is 1. The monoisotopic (exact) mass is 353 g/mol. The molecule has 0 saturated carbocycles. The first-order valence-corrected chi connectivity index (χ1v) is 8.06. The normalized spacial score (nSPS) is 16.1. The van der Waals surface area contributed by atoms with E-state index < -0.39 is 0 Å². The van der Waals surface area contributed by atoms with Gasteiger partial charge in [0.1, 0.15) is 18.0 Å². The van der Waals surface area contributed by atoms with Crippen molar-refractivity contribution in [2.75, 3.05) is 12.4 Å². The van der Waals surface area contributed by atoms with E-state index in [1.54, 1.807) is 41.2 Å². The van der Waals surface area contributed by atoms with Gasteiger partial charge in [0.2, 0.25) is 5.91 Å². The molecule has 1 amide bonds. The van der Waals surface area contributed by atoms with Crippen LogP contribution >= 0.6 is 0 Å². The number of amides is 1. The van der Waals surface area contributed by atoms with E-state index >= 15 is 0 Å². The Labute approximate surface area is 148 Å². The number of phenolic OH excluding ortho intramolecular Hbond substituents is 1. The number of benzene rings is 2. The third kappa shape index (κ3) is 2.67. The predicted molar refractivity (Wildman–Crippen MR) is 93.3 cm³/mol. The molecule has 1 atom stereocenters. The summed E-state index contributed by atoms with van der Waals surface area (Å²) in [5.74, 6) is 0.0128. The number of imidazole rings is 1. The van der Waals surface area contributed by atoms with Crippen molar-refractivity contribution in [3.8, 4) is 17.2 Å². The average Bonchev–Trinajstić information content (AvgIpc) is 3.04. The molecule has 1 aliphatic rings. The molecule has 2 heterocycles. The molecule has 7 heteroatoms. The van der Waals surface area contributed by atoms with Crippen LogP contribution in [-0.4, -0.2) is 27.7 Å². The number of rotatable bonds is 3. The minimum Gasteiger partial charge on any atom is -0.504 e. The van der Waals surface area contributed by atoms with Gasteiger partial charge in [-0.2, -0.15) is 0 Å². The summed E-state index contributed by atoms with van der Waals surface area (Å²) in [6, 6.07) is 11.1. The molecule has 0 fully saturated rings. The highest BCUT2D eigenvalue weighted by Crippen LogP contribution is 2.39. The van der Waals surface area contributed by atoms with Crippen LogP contribution < -0.4 is 10.1 Å². The Morgan fingerprint density at radius 1 is 1.31 bits per heavy atom. The zero-order chi connectivity index (χ0) is 18.3. The number of phenols is 1. The molecule has 26 heavy (non-hydrogen) atoms. The van der Waals surface area contributed by atoms with Gasteiger partial charge in [0, 0.05) is 12.3 Å². The van der Waals surface area contributed by atoms with Crippen LogP contribution in [0.3, 0.4) is 0 Å². The third-order valence-electron chi connectivity index (χ3n) is 4.46. The molecule has 1 aliphatic heterocycles. The van der Waals surface area contributed by atoms with Crippen molar-refractivity contribution in [2.45, 2.75) is 12.3 Å². The quantitative estimate of drug-likeness (QED) is 0.758. The minimum absolute atomic E-state index is 0.00194. The Morgan fingerprint density at radius 3 is 2.88 bits per heavy atom. The number of halogens is 1. The number of carbonyl (C=O) groups excluding carboxylic acids is 1. The molecule has 0 spiro atoms. The summed E-state index contributed by atoms with van der Waals surface area (Å²) in [4.78, 5) is 16.7. The van der Waals surface area contributed by atoms with Crippen LogP contribution in [-0.2, 0) is 4.79 Å². The molecule has 2 N–H and O–H groups in total. The van der Waals surface area contributed by atoms with Crippen LogP contribution in [0, 0.1) is 5.82 Å². The summed E-state index contributed by atoms with van der Waals surface area (Å²) in [5.41, 5.74) is 1.99. The molecule has 0 aliphatic carbocycles. The smallest absolute Gasteiger partial charge is 0.226 e. The molecule has 132 valence electrons. The molecular formula is C19H16FN3O3. The number of nitrogens with one attached hydrogen (secondary N) is 1. The zero-order valence-corrected chi connectivity index (χ0v) is 13.9. The van der Waals surface area contributed by atoms with Crippen LogP contribution in [0.4, 0.5) is 10.2 Å². The van der Waals surface area contributed by atoms with Crippen LogP contribution in [0.1, 0.15) is 23.6 Å². The lowest BCUT2D eigenvalue weighted by atomic mass is 9.89. The Bertz CT molecular complexity index is 999. The fourth-order valence-corrected chi connectivity index (χ4v) is 3.23. The van der Waals surface area contributed by atoms with Gasteiger partial charge >= 0.3 is 0 Å². The summed E-state index contributed by atoms with van der Waals surface area (Å²) in [6.45, 7) is 0. The van der Waals surface area contributed by atoms with Crippen molar-refractivity contribution in [1.29, 1.82) is 0 Å². The zero-order valence-electron chi connectivity index (χ0n) is 13.9. The highest BCUT2D eigenvalue weighted by molar-refractivity contribution is 5.94. The maximum absolute atomic E-state index is 13.6. The maximum Gasteiger partial charge on any atom is 0.226 e. The van der Waals surface area contributed by atoms with Gasteiger partial charge in [-0.25, -0.2) is 9.37 Å². The molecule has 6 nitrogen and oxygen atoms in total. The van der Waals surface area contributed by atoms with Gasteiger partial charge in [-0.3, -0.25) is 9.36 Å². The van der Waals surface area contributed by atoms with Crippen LogP contribution in [0.2, 0.25) is 0 Å². The molecule has 3 aromatic rings. The Balaban J connectivity index is 1.80. The van der Waals surface area contributed by atoms with E-state index in [0.717, 1.165) is 5.56 Å². The number of fused-ring (bicyclic) bond motifs is 1. The van der Waals surface area contributed by atoms with E-state index in [1.807, 2.05) is 0 Å². The number of ether oxygens (including phenoxy) is 1. The lowest BCUT2D eigenvalue weighted by Crippen LogP contribution is -2.24. The highest BCUT2D eigenvalue weighted by Gasteiger charge is 2.31. The average molecular weight is 353 g/mol. The largest absolute Gasteiger partial charge is 0.504 e. The summed E-state index contributed by atoms with van der Waals surface area (Å²) < 4.78 is 20.3. The Hall–Kier alpha value is -3.35. The van der Waals surface area contributed by atoms with Gasteiger partial charge in [-0.05, 0) is 35.9 Å². The topological polar surface area (TPSA) is 76.4 Å². The number of hydrogen-bond donors (Lipinski definition) is 2. The van der Waals surface area contributed by atoms with E-state index in [2.05, 4.69) is 10.3 Å². The molecule has 4 rings (SSSR count). The van der Waals surface area contributed by atoms with Gasteiger partial charge in [0.15, 0.2) is 11.5 Å². The second kappa shape index (κ2) is 6.18. The van der Waals surface area contributed by atoms with Gasteiger partial charge < -0.3 is 15.2 Å². The lowest BCUT2D eigenvalue weighted by molar-refractivity contribution is -0.116. The Kier molecular flexibility index (Phi) is 3.84. The van der Waals surface area contributed by atoms with Crippen LogP contribution in [0.15, 0.2) is 48.8 Å². The van der Waals surface area contributed by atoms with Gasteiger partial charge in [0.05, 0.1) is 18.5 Å². The number of carbonyl (C=O) groups is 1. The standard InChI is InChI=1S/C19H16FN3O3/c1-26-16-6-5-11(7-15(16)24)14-9-17(25)22-19-18(14)21-10-23(19)13-4-2-3-12(20)8-13/h2-8,10,14,24H,9H2,1H3,(H,22,25). The number of nitrogens with zero attached hydrogens (tertiary/aromatic N) is 2. The van der Waals surface area contributed by atoms with Gasteiger partial charge in [-0.1, -0.05) is 12.1 Å². The van der Waals surface area contributed by atoms with Crippen molar-refractivity contribution in [3.63, 3.8) is 0 Å². The van der Waals surface area contributed by atoms with Crippen molar-refractivity contribution < 1.29 is 19.0 Å². The molecule has 0 bridgehead atoms. The fraction of sp³-hybridized carbons (Fsp3) is 0.158. The summed E-state index contributed by atoms with van der Waals surface area (Å²) in [6.07, 6.45) is 1.76. The first-order chi connectivity index (χ1) is 12.6. The van der Waals surface area contributed by atoms with Gasteiger partial charge in [0.25, 0.3) is 0 Å². The van der Waals surface area contributed by atoms with E-state index in [4.69, 9.17) is 4.74 Å². The van der Waals surface area contributed by atoms with Crippen molar-refractivity contribution in [3.05, 3.63) is 65.9 Å². The van der Waals surface area contributed by atoms with E-state index in [-0.39, 0.29) is 29.8 Å². The van der Waals surface area contributed by atoms with Crippen LogP contribution in [0.5, 0.6) is 11.5 Å². The molecule has 0 radical (unpaired) electrons. The van der Waals surface area contributed by atoms with Gasteiger partial charge in [-0.15, -0.1) is 0 Å². The van der Waals surface area contributed by atoms with Crippen molar-refractivity contribution in [2.24, 2.45) is 0 Å². The molecule has 2 aromatic carbocycles. The molecule has 1 aromatic heterocycles. The lowest BCUT2D eigenvalue weighted by Gasteiger charge is -2.23. The summed E-state index contributed by atoms with van der Waals surface area (Å²) in [7, 11) is 1.47. The van der Waals surface area contributed by atoms with Crippen LogP contribution in [0.25, 0.3) is 5.69 Å². The molecule has 0 saturated heterocycles. The van der Waals surface area contributed by atoms with E-state index in [0.29, 0.717) is 22.9 Å². The van der Waals surface area contributed by atoms with E-state index in [1.165, 1.54) is 19.2 Å². The number of anilines is 1. The predicted octanol–water partition coefficient (Wildman–Crippen LogP) is 3.20. The summed E-state index contributed by atoms with van der Waals surface area (Å²) >= 11 is 0. The van der Waals surface area contributed by atoms with Crippen molar-refractivity contribution in [1.82, 2.24) is 9.55 Å². The first kappa shape index (κ1) is 16.1. The minimum atomic E-state index is -0.372. The number of aromatic nitrogens is 2. The number of hydrogen-bond acceptors (Lipinski definition) is 4.